The maximum Gasteiger partial charge on any atom is 0.112 e. The van der Waals surface area contributed by atoms with Gasteiger partial charge in [-0.2, -0.15) is 0 Å². The van der Waals surface area contributed by atoms with Crippen LogP contribution in [0.3, 0.4) is 0 Å². The summed E-state index contributed by atoms with van der Waals surface area (Å²) in [5.41, 5.74) is 0. The third-order valence-electron chi connectivity index (χ3n) is 2.99. The monoisotopic (exact) mass is 184 g/mol. The van der Waals surface area contributed by atoms with Crippen LogP contribution in [0, 0.1) is 11.8 Å². The molecular formula is C10H20N2O. The van der Waals surface area contributed by atoms with Gasteiger partial charge in [-0.05, 0) is 25.3 Å². The molecule has 2 N–H and O–H groups in total. The van der Waals surface area contributed by atoms with Gasteiger partial charge in [0.25, 0.3) is 0 Å². The predicted octanol–water partition coefficient (Wildman–Crippen LogP) is 0.568. The highest BCUT2D eigenvalue weighted by atomic mass is 16.5. The van der Waals surface area contributed by atoms with Crippen molar-refractivity contribution in [2.75, 3.05) is 26.2 Å². The molecule has 0 aromatic rings. The summed E-state index contributed by atoms with van der Waals surface area (Å²) in [7, 11) is 0. The molecule has 0 aromatic heterocycles. The van der Waals surface area contributed by atoms with E-state index in [9.17, 15) is 0 Å². The molecule has 2 rings (SSSR count). The van der Waals surface area contributed by atoms with E-state index in [1.54, 1.807) is 0 Å². The standard InChI is InChI=1S/C10H20N2O/c1-8-5-12-10(13-7-8)9-3-2-4-11-6-9/h8-12H,2-7H2,1H3. The Morgan fingerprint density at radius 3 is 2.85 bits per heavy atom. The molecule has 3 nitrogen and oxygen atoms in total. The average molecular weight is 184 g/mol. The van der Waals surface area contributed by atoms with Gasteiger partial charge < -0.3 is 10.1 Å². The molecule has 2 fully saturated rings. The molecule has 0 radical (unpaired) electrons. The van der Waals surface area contributed by atoms with Gasteiger partial charge in [-0.25, -0.2) is 0 Å². The molecule has 76 valence electrons. The molecule has 0 bridgehead atoms. The third-order valence-corrected chi connectivity index (χ3v) is 2.99. The lowest BCUT2D eigenvalue weighted by Crippen LogP contribution is -2.50. The van der Waals surface area contributed by atoms with Crippen molar-refractivity contribution >= 4 is 0 Å². The number of hydrogen-bond donors (Lipinski definition) is 2. The van der Waals surface area contributed by atoms with Crippen LogP contribution < -0.4 is 10.6 Å². The van der Waals surface area contributed by atoms with E-state index in [2.05, 4.69) is 17.6 Å². The van der Waals surface area contributed by atoms with Gasteiger partial charge in [-0.3, -0.25) is 5.32 Å². The topological polar surface area (TPSA) is 33.3 Å². The number of ether oxygens (including phenoxy) is 1. The summed E-state index contributed by atoms with van der Waals surface area (Å²) in [6, 6.07) is 0. The van der Waals surface area contributed by atoms with E-state index in [0.29, 0.717) is 18.1 Å². The van der Waals surface area contributed by atoms with Gasteiger partial charge in [0.1, 0.15) is 6.23 Å². The Balaban J connectivity index is 1.79. The highest BCUT2D eigenvalue weighted by molar-refractivity contribution is 4.78. The molecule has 2 heterocycles. The summed E-state index contributed by atoms with van der Waals surface area (Å²) in [5, 5.41) is 6.90. The Labute approximate surface area is 80.2 Å². The van der Waals surface area contributed by atoms with Gasteiger partial charge in [0, 0.05) is 19.0 Å². The quantitative estimate of drug-likeness (QED) is 0.625. The van der Waals surface area contributed by atoms with E-state index >= 15 is 0 Å². The highest BCUT2D eigenvalue weighted by Crippen LogP contribution is 2.18. The summed E-state index contributed by atoms with van der Waals surface area (Å²) in [6.07, 6.45) is 2.91. The van der Waals surface area contributed by atoms with Crippen molar-refractivity contribution in [2.45, 2.75) is 26.0 Å². The van der Waals surface area contributed by atoms with Crippen molar-refractivity contribution in [1.82, 2.24) is 10.6 Å². The SMILES string of the molecule is CC1CNC(C2CCCNC2)OC1. The summed E-state index contributed by atoms with van der Waals surface area (Å²) in [4.78, 5) is 0. The Bertz CT molecular complexity index is 149. The molecule has 0 amide bonds. The van der Waals surface area contributed by atoms with Gasteiger partial charge >= 0.3 is 0 Å². The van der Waals surface area contributed by atoms with Crippen LogP contribution in [-0.4, -0.2) is 32.5 Å². The number of hydrogen-bond acceptors (Lipinski definition) is 3. The van der Waals surface area contributed by atoms with E-state index in [1.165, 1.54) is 19.4 Å². The zero-order valence-electron chi connectivity index (χ0n) is 8.38. The summed E-state index contributed by atoms with van der Waals surface area (Å²) in [5.74, 6) is 1.36. The van der Waals surface area contributed by atoms with Gasteiger partial charge in [-0.15, -0.1) is 0 Å². The lowest BCUT2D eigenvalue weighted by atomic mass is 9.96. The second-order valence-electron chi connectivity index (χ2n) is 4.37. The molecule has 3 atom stereocenters. The van der Waals surface area contributed by atoms with Crippen LogP contribution in [0.25, 0.3) is 0 Å². The fraction of sp³-hybridized carbons (Fsp3) is 1.00. The van der Waals surface area contributed by atoms with Crippen LogP contribution >= 0.6 is 0 Å². The Morgan fingerprint density at radius 2 is 2.23 bits per heavy atom. The van der Waals surface area contributed by atoms with Crippen molar-refractivity contribution in [2.24, 2.45) is 11.8 Å². The lowest BCUT2D eigenvalue weighted by molar-refractivity contribution is -0.0609. The molecule has 0 saturated carbocycles. The van der Waals surface area contributed by atoms with Gasteiger partial charge in [0.05, 0.1) is 6.61 Å². The minimum atomic E-state index is 0.309. The van der Waals surface area contributed by atoms with Crippen molar-refractivity contribution in [3.63, 3.8) is 0 Å². The Kier molecular flexibility index (Phi) is 3.19. The number of nitrogens with one attached hydrogen (secondary N) is 2. The second-order valence-corrected chi connectivity index (χ2v) is 4.37. The molecule has 2 aliphatic heterocycles. The zero-order valence-corrected chi connectivity index (χ0v) is 8.38. The first-order valence-corrected chi connectivity index (χ1v) is 5.42. The van der Waals surface area contributed by atoms with E-state index in [1.807, 2.05) is 0 Å². The van der Waals surface area contributed by atoms with E-state index in [-0.39, 0.29) is 0 Å². The normalized spacial score (nSPS) is 41.8. The first kappa shape index (κ1) is 9.44. The van der Waals surface area contributed by atoms with Crippen LogP contribution in [0.15, 0.2) is 0 Å². The van der Waals surface area contributed by atoms with Crippen molar-refractivity contribution < 1.29 is 4.74 Å². The maximum absolute atomic E-state index is 5.78. The first-order valence-electron chi connectivity index (χ1n) is 5.42. The molecule has 3 heteroatoms. The van der Waals surface area contributed by atoms with E-state index in [0.717, 1.165) is 19.7 Å². The minimum Gasteiger partial charge on any atom is -0.363 e. The van der Waals surface area contributed by atoms with Crippen LogP contribution in [0.1, 0.15) is 19.8 Å². The van der Waals surface area contributed by atoms with E-state index in [4.69, 9.17) is 4.74 Å². The Morgan fingerprint density at radius 1 is 1.31 bits per heavy atom. The van der Waals surface area contributed by atoms with Gasteiger partial charge in [0.2, 0.25) is 0 Å². The fourth-order valence-electron chi connectivity index (χ4n) is 2.14. The summed E-state index contributed by atoms with van der Waals surface area (Å²) in [6.45, 7) is 6.56. The van der Waals surface area contributed by atoms with Crippen molar-refractivity contribution in [1.29, 1.82) is 0 Å². The molecular weight excluding hydrogens is 164 g/mol. The fourth-order valence-corrected chi connectivity index (χ4v) is 2.14. The summed E-state index contributed by atoms with van der Waals surface area (Å²) < 4.78 is 5.78. The van der Waals surface area contributed by atoms with Gasteiger partial charge in [-0.1, -0.05) is 6.92 Å². The number of piperidine rings is 1. The highest BCUT2D eigenvalue weighted by Gasteiger charge is 2.27. The molecule has 3 unspecified atom stereocenters. The van der Waals surface area contributed by atoms with Crippen molar-refractivity contribution in [3.05, 3.63) is 0 Å². The molecule has 0 aliphatic carbocycles. The van der Waals surface area contributed by atoms with Gasteiger partial charge in [0.15, 0.2) is 0 Å². The third kappa shape index (κ3) is 2.42. The Hall–Kier alpha value is -0.120. The molecule has 0 spiro atoms. The predicted molar refractivity (Wildman–Crippen MR) is 52.5 cm³/mol. The van der Waals surface area contributed by atoms with Crippen LogP contribution in [0.5, 0.6) is 0 Å². The number of rotatable bonds is 1. The first-order chi connectivity index (χ1) is 6.36. The molecule has 0 aromatic carbocycles. The largest absolute Gasteiger partial charge is 0.363 e. The summed E-state index contributed by atoms with van der Waals surface area (Å²) >= 11 is 0. The zero-order chi connectivity index (χ0) is 9.10. The van der Waals surface area contributed by atoms with Crippen molar-refractivity contribution in [3.8, 4) is 0 Å². The van der Waals surface area contributed by atoms with Crippen LogP contribution in [-0.2, 0) is 4.74 Å². The molecule has 13 heavy (non-hydrogen) atoms. The van der Waals surface area contributed by atoms with E-state index < -0.39 is 0 Å². The molecule has 2 aliphatic rings. The second kappa shape index (κ2) is 4.40. The smallest absolute Gasteiger partial charge is 0.112 e. The van der Waals surface area contributed by atoms with Crippen LogP contribution in [0.2, 0.25) is 0 Å². The minimum absolute atomic E-state index is 0.309. The van der Waals surface area contributed by atoms with Crippen LogP contribution in [0.4, 0.5) is 0 Å². The molecule has 2 saturated heterocycles. The average Bonchev–Trinajstić information content (AvgIpc) is 2.20. The maximum atomic E-state index is 5.78. The lowest BCUT2D eigenvalue weighted by Gasteiger charge is -2.36.